The molecule has 2 rings (SSSR count). The number of aliphatic hydroxyl groups is 1. The molecule has 1 aromatic carbocycles. The molecule has 0 aromatic heterocycles. The number of rotatable bonds is 5. The van der Waals surface area contributed by atoms with Gasteiger partial charge in [-0.05, 0) is 18.4 Å². The first-order valence-corrected chi connectivity index (χ1v) is 5.32. The maximum atomic E-state index is 8.72. The SMILES string of the molecule is [Ac].[NH-]C(Cc1ccccc1)C1OC1CCO. The van der Waals surface area contributed by atoms with Crippen molar-refractivity contribution in [2.24, 2.45) is 0 Å². The van der Waals surface area contributed by atoms with Gasteiger partial charge in [0.15, 0.2) is 0 Å². The average Bonchev–Trinajstić information content (AvgIpc) is 2.99. The molecule has 0 aliphatic carbocycles. The molecule has 2 N–H and O–H groups in total. The van der Waals surface area contributed by atoms with Gasteiger partial charge in [0.25, 0.3) is 0 Å². The van der Waals surface area contributed by atoms with Gasteiger partial charge in [-0.2, -0.15) is 0 Å². The number of benzene rings is 1. The predicted molar refractivity (Wildman–Crippen MR) is 58.6 cm³/mol. The molecular formula is C12H16AcNO2-. The van der Waals surface area contributed by atoms with Crippen molar-refractivity contribution in [3.63, 3.8) is 0 Å². The van der Waals surface area contributed by atoms with E-state index in [1.807, 2.05) is 30.3 Å². The largest absolute Gasteiger partial charge is 0.672 e. The summed E-state index contributed by atoms with van der Waals surface area (Å²) in [6.07, 6.45) is 1.53. The third-order valence-corrected chi connectivity index (χ3v) is 2.73. The third kappa shape index (κ3) is 4.09. The second-order valence-electron chi connectivity index (χ2n) is 3.95. The van der Waals surface area contributed by atoms with Crippen LogP contribution in [0.3, 0.4) is 0 Å². The molecule has 0 amide bonds. The van der Waals surface area contributed by atoms with Crippen molar-refractivity contribution < 1.29 is 53.9 Å². The number of hydrogen-bond acceptors (Lipinski definition) is 2. The zero-order valence-corrected chi connectivity index (χ0v) is 13.9. The topological polar surface area (TPSA) is 56.6 Å². The molecular weight excluding hydrogens is 417 g/mol. The summed E-state index contributed by atoms with van der Waals surface area (Å²) in [7, 11) is 0. The van der Waals surface area contributed by atoms with Gasteiger partial charge < -0.3 is 15.6 Å². The van der Waals surface area contributed by atoms with E-state index in [-0.39, 0.29) is 68.9 Å². The first kappa shape index (κ1) is 14.6. The second kappa shape index (κ2) is 7.08. The normalized spacial score (nSPS) is 24.6. The molecule has 1 aliphatic heterocycles. The van der Waals surface area contributed by atoms with E-state index in [9.17, 15) is 0 Å². The minimum atomic E-state index is -0.205. The molecule has 0 saturated carbocycles. The van der Waals surface area contributed by atoms with Crippen molar-refractivity contribution in [1.82, 2.24) is 0 Å². The van der Waals surface area contributed by atoms with E-state index >= 15 is 0 Å². The second-order valence-corrected chi connectivity index (χ2v) is 3.95. The van der Waals surface area contributed by atoms with Gasteiger partial charge in [0.2, 0.25) is 0 Å². The van der Waals surface area contributed by atoms with E-state index in [2.05, 4.69) is 0 Å². The number of ether oxygens (including phenoxy) is 1. The summed E-state index contributed by atoms with van der Waals surface area (Å²) in [6, 6.07) is 9.81. The van der Waals surface area contributed by atoms with E-state index in [1.54, 1.807) is 0 Å². The van der Waals surface area contributed by atoms with E-state index in [1.165, 1.54) is 5.56 Å². The summed E-state index contributed by atoms with van der Waals surface area (Å²) < 4.78 is 5.34. The summed E-state index contributed by atoms with van der Waals surface area (Å²) >= 11 is 0. The molecule has 4 heteroatoms. The molecule has 85 valence electrons. The molecule has 1 heterocycles. The van der Waals surface area contributed by atoms with Gasteiger partial charge in [-0.1, -0.05) is 30.3 Å². The van der Waals surface area contributed by atoms with Crippen LogP contribution in [-0.4, -0.2) is 30.0 Å². The Kier molecular flexibility index (Phi) is 6.46. The molecule has 16 heavy (non-hydrogen) atoms. The quantitative estimate of drug-likeness (QED) is 0.721. The Morgan fingerprint density at radius 2 is 2.00 bits per heavy atom. The first-order valence-electron chi connectivity index (χ1n) is 5.32. The summed E-state index contributed by atoms with van der Waals surface area (Å²) in [6.45, 7) is 0.152. The molecule has 3 unspecified atom stereocenters. The number of epoxide rings is 1. The van der Waals surface area contributed by atoms with Crippen LogP contribution in [0.2, 0.25) is 0 Å². The molecule has 1 aliphatic rings. The Balaban J connectivity index is 0.00000128. The van der Waals surface area contributed by atoms with Crippen molar-refractivity contribution in [2.75, 3.05) is 6.61 Å². The summed E-state index contributed by atoms with van der Waals surface area (Å²) in [5.74, 6) is 0. The van der Waals surface area contributed by atoms with Gasteiger partial charge in [0.05, 0.1) is 12.2 Å². The van der Waals surface area contributed by atoms with E-state index in [0.717, 1.165) is 6.42 Å². The summed E-state index contributed by atoms with van der Waals surface area (Å²) in [4.78, 5) is 0. The number of aliphatic hydroxyl groups excluding tert-OH is 1. The monoisotopic (exact) mass is 433 g/mol. The van der Waals surface area contributed by atoms with Crippen LogP contribution < -0.4 is 0 Å². The fourth-order valence-corrected chi connectivity index (χ4v) is 1.85. The van der Waals surface area contributed by atoms with Gasteiger partial charge in [-0.25, -0.2) is 0 Å². The minimum Gasteiger partial charge on any atom is -0.672 e. The van der Waals surface area contributed by atoms with E-state index in [4.69, 9.17) is 15.6 Å². The Bertz CT molecular complexity index is 307. The Morgan fingerprint density at radius 3 is 2.62 bits per heavy atom. The first-order chi connectivity index (χ1) is 7.31. The van der Waals surface area contributed by atoms with Crippen molar-refractivity contribution in [3.8, 4) is 0 Å². The van der Waals surface area contributed by atoms with Crippen LogP contribution in [0.1, 0.15) is 12.0 Å². The smallest absolute Gasteiger partial charge is 0.0848 e. The summed E-state index contributed by atoms with van der Waals surface area (Å²) in [5, 5.41) is 8.72. The van der Waals surface area contributed by atoms with Crippen molar-refractivity contribution >= 4 is 0 Å². The molecule has 3 nitrogen and oxygen atoms in total. The van der Waals surface area contributed by atoms with Crippen molar-refractivity contribution in [1.29, 1.82) is 0 Å². The number of hydrogen-bond donors (Lipinski definition) is 1. The van der Waals surface area contributed by atoms with Gasteiger partial charge in [-0.15, -0.1) is 6.04 Å². The fourth-order valence-electron chi connectivity index (χ4n) is 1.85. The maximum absolute atomic E-state index is 8.72. The van der Waals surface area contributed by atoms with E-state index in [0.29, 0.717) is 6.42 Å². The van der Waals surface area contributed by atoms with Gasteiger partial charge in [0.1, 0.15) is 0 Å². The maximum Gasteiger partial charge on any atom is 0.0848 e. The van der Waals surface area contributed by atoms with Crippen LogP contribution in [0.25, 0.3) is 5.73 Å². The van der Waals surface area contributed by atoms with Crippen LogP contribution in [0.15, 0.2) is 30.3 Å². The van der Waals surface area contributed by atoms with Gasteiger partial charge >= 0.3 is 0 Å². The van der Waals surface area contributed by atoms with E-state index < -0.39 is 0 Å². The zero-order chi connectivity index (χ0) is 10.7. The van der Waals surface area contributed by atoms with Crippen LogP contribution >= 0.6 is 0 Å². The molecule has 0 bridgehead atoms. The average molecular weight is 433 g/mol. The predicted octanol–water partition coefficient (Wildman–Crippen LogP) is 1.80. The van der Waals surface area contributed by atoms with Gasteiger partial charge in [0, 0.05) is 50.7 Å². The van der Waals surface area contributed by atoms with Crippen LogP contribution in [0.4, 0.5) is 0 Å². The molecule has 3 atom stereocenters. The van der Waals surface area contributed by atoms with Crippen molar-refractivity contribution in [3.05, 3.63) is 41.6 Å². The molecule has 0 spiro atoms. The summed E-state index contributed by atoms with van der Waals surface area (Å²) in [5.41, 5.74) is 9.11. The van der Waals surface area contributed by atoms with Crippen LogP contribution in [-0.2, 0) is 11.2 Å². The van der Waals surface area contributed by atoms with Crippen molar-refractivity contribution in [2.45, 2.75) is 31.1 Å². The fraction of sp³-hybridized carbons (Fsp3) is 0.500. The van der Waals surface area contributed by atoms with Crippen LogP contribution in [0, 0.1) is 44.1 Å². The zero-order valence-electron chi connectivity index (χ0n) is 9.17. The van der Waals surface area contributed by atoms with Crippen LogP contribution in [0.5, 0.6) is 0 Å². The Morgan fingerprint density at radius 1 is 1.31 bits per heavy atom. The minimum absolute atomic E-state index is 0. The Labute approximate surface area is 132 Å². The molecule has 1 radical (unpaired) electrons. The van der Waals surface area contributed by atoms with Gasteiger partial charge in [-0.3, -0.25) is 0 Å². The third-order valence-electron chi connectivity index (χ3n) is 2.73. The molecule has 1 saturated heterocycles. The Hall–Kier alpha value is 0.542. The molecule has 1 aromatic rings. The standard InChI is InChI=1S/C12H16NO2.Ac/c13-10(12-11(15-12)6-7-14)8-9-4-2-1-3-5-9;/h1-5,10-14H,6-8H2;/q-1;. The number of nitrogens with one attached hydrogen (secondary N) is 1. The molecule has 1 fully saturated rings.